The second-order valence-corrected chi connectivity index (χ2v) is 6.56. The molecular weight excluding hydrogens is 344 g/mol. The van der Waals surface area contributed by atoms with Gasteiger partial charge in [0.25, 0.3) is 0 Å². The lowest BCUT2D eigenvalue weighted by Gasteiger charge is -1.99. The van der Waals surface area contributed by atoms with Gasteiger partial charge in [-0.2, -0.15) is 10.1 Å². The minimum absolute atomic E-state index is 0.0846. The first-order chi connectivity index (χ1) is 13.2. The Morgan fingerprint density at radius 1 is 1.19 bits per heavy atom. The van der Waals surface area contributed by atoms with Crippen LogP contribution in [0.1, 0.15) is 18.7 Å². The molecule has 1 amide bonds. The molecule has 0 radical (unpaired) electrons. The fraction of sp³-hybridized carbons (Fsp3) is 0.211. The van der Waals surface area contributed by atoms with E-state index in [4.69, 9.17) is 4.52 Å². The van der Waals surface area contributed by atoms with E-state index in [2.05, 4.69) is 25.5 Å². The number of carbonyl (C=O) groups is 1. The number of rotatable bonds is 5. The Morgan fingerprint density at radius 3 is 2.93 bits per heavy atom. The van der Waals surface area contributed by atoms with E-state index in [1.165, 1.54) is 0 Å². The van der Waals surface area contributed by atoms with Crippen LogP contribution >= 0.6 is 0 Å². The average Bonchev–Trinajstić information content (AvgIpc) is 3.20. The summed E-state index contributed by atoms with van der Waals surface area (Å²) in [5.41, 5.74) is 3.32. The molecule has 1 saturated carbocycles. The predicted molar refractivity (Wildman–Crippen MR) is 96.6 cm³/mol. The van der Waals surface area contributed by atoms with Crippen molar-refractivity contribution < 1.29 is 9.32 Å². The van der Waals surface area contributed by atoms with Crippen molar-refractivity contribution in [3.63, 3.8) is 0 Å². The Hall–Kier alpha value is -3.55. The van der Waals surface area contributed by atoms with Crippen molar-refractivity contribution in [2.45, 2.75) is 25.3 Å². The zero-order valence-corrected chi connectivity index (χ0v) is 14.4. The maximum atomic E-state index is 11.9. The van der Waals surface area contributed by atoms with Crippen LogP contribution in [-0.4, -0.2) is 36.7 Å². The molecule has 8 nitrogen and oxygen atoms in total. The molecule has 8 heteroatoms. The fourth-order valence-corrected chi connectivity index (χ4v) is 2.88. The van der Waals surface area contributed by atoms with E-state index in [-0.39, 0.29) is 12.3 Å². The van der Waals surface area contributed by atoms with Crippen LogP contribution < -0.4 is 5.32 Å². The first kappa shape index (κ1) is 15.7. The predicted octanol–water partition coefficient (Wildman–Crippen LogP) is 2.27. The molecule has 1 fully saturated rings. The van der Waals surface area contributed by atoms with E-state index in [1.54, 1.807) is 10.7 Å². The van der Waals surface area contributed by atoms with Crippen LogP contribution in [0, 0.1) is 0 Å². The lowest BCUT2D eigenvalue weighted by atomic mass is 10.1. The van der Waals surface area contributed by atoms with Crippen molar-refractivity contribution in [2.75, 3.05) is 0 Å². The first-order valence-electron chi connectivity index (χ1n) is 8.78. The molecule has 5 rings (SSSR count). The van der Waals surface area contributed by atoms with E-state index in [0.717, 1.165) is 35.3 Å². The number of carbonyl (C=O) groups excluding carboxylic acids is 1. The van der Waals surface area contributed by atoms with Gasteiger partial charge in [0.1, 0.15) is 6.42 Å². The molecule has 3 heterocycles. The molecule has 0 bridgehead atoms. The molecule has 0 unspecified atom stereocenters. The van der Waals surface area contributed by atoms with Gasteiger partial charge in [-0.3, -0.25) is 4.79 Å². The number of nitrogens with one attached hydrogen (secondary N) is 1. The second kappa shape index (κ2) is 6.31. The topological polar surface area (TPSA) is 98.2 Å². The van der Waals surface area contributed by atoms with Crippen molar-refractivity contribution in [3.05, 3.63) is 54.7 Å². The lowest BCUT2D eigenvalue weighted by Crippen LogP contribution is -2.27. The molecular formula is C19H16N6O2. The summed E-state index contributed by atoms with van der Waals surface area (Å²) in [6, 6.07) is 11.8. The van der Waals surface area contributed by atoms with Gasteiger partial charge in [-0.05, 0) is 31.0 Å². The summed E-state index contributed by atoms with van der Waals surface area (Å²) in [6.07, 6.45) is 5.78. The Morgan fingerprint density at radius 2 is 2.07 bits per heavy atom. The van der Waals surface area contributed by atoms with Crippen molar-refractivity contribution in [2.24, 2.45) is 0 Å². The molecule has 0 aliphatic heterocycles. The zero-order chi connectivity index (χ0) is 18.2. The zero-order valence-electron chi connectivity index (χ0n) is 14.4. The Labute approximate surface area is 154 Å². The van der Waals surface area contributed by atoms with Crippen LogP contribution in [0.15, 0.2) is 53.3 Å². The smallest absolute Gasteiger partial charge is 0.236 e. The van der Waals surface area contributed by atoms with Crippen molar-refractivity contribution >= 4 is 11.6 Å². The molecule has 134 valence electrons. The second-order valence-electron chi connectivity index (χ2n) is 6.56. The van der Waals surface area contributed by atoms with Gasteiger partial charge >= 0.3 is 0 Å². The molecule has 4 aromatic rings. The maximum absolute atomic E-state index is 11.9. The minimum atomic E-state index is -0.0846. The van der Waals surface area contributed by atoms with Crippen LogP contribution in [-0.2, 0) is 11.2 Å². The number of hydrogen-bond donors (Lipinski definition) is 1. The van der Waals surface area contributed by atoms with Crippen LogP contribution in [0.2, 0.25) is 0 Å². The number of imidazole rings is 1. The Bertz CT molecular complexity index is 1090. The van der Waals surface area contributed by atoms with E-state index >= 15 is 0 Å². The van der Waals surface area contributed by atoms with Crippen LogP contribution in [0.25, 0.3) is 28.3 Å². The van der Waals surface area contributed by atoms with Gasteiger partial charge in [0, 0.05) is 23.4 Å². The number of fused-ring (bicyclic) bond motifs is 1. The molecule has 0 atom stereocenters. The highest BCUT2D eigenvalue weighted by atomic mass is 16.5. The molecule has 1 N–H and O–H groups in total. The Kier molecular flexibility index (Phi) is 3.67. The monoisotopic (exact) mass is 360 g/mol. The fourth-order valence-electron chi connectivity index (χ4n) is 2.88. The first-order valence-corrected chi connectivity index (χ1v) is 8.78. The molecule has 0 saturated heterocycles. The van der Waals surface area contributed by atoms with Crippen LogP contribution in [0.4, 0.5) is 0 Å². The summed E-state index contributed by atoms with van der Waals surface area (Å²) in [4.78, 5) is 20.8. The van der Waals surface area contributed by atoms with Crippen molar-refractivity contribution in [1.82, 2.24) is 30.1 Å². The van der Waals surface area contributed by atoms with Gasteiger partial charge in [-0.1, -0.05) is 23.4 Å². The summed E-state index contributed by atoms with van der Waals surface area (Å²) in [6.45, 7) is 0. The largest absolute Gasteiger partial charge is 0.353 e. The van der Waals surface area contributed by atoms with Gasteiger partial charge < -0.3 is 9.84 Å². The highest BCUT2D eigenvalue weighted by Gasteiger charge is 2.24. The highest BCUT2D eigenvalue weighted by Crippen LogP contribution is 2.24. The molecule has 1 aliphatic carbocycles. The number of amides is 1. The van der Waals surface area contributed by atoms with Gasteiger partial charge in [0.2, 0.25) is 17.6 Å². The summed E-state index contributed by atoms with van der Waals surface area (Å²) in [5, 5.41) is 11.2. The number of nitrogens with zero attached hydrogens (tertiary/aromatic N) is 5. The third-order valence-electron chi connectivity index (χ3n) is 4.38. The van der Waals surface area contributed by atoms with Gasteiger partial charge in [-0.25, -0.2) is 9.50 Å². The average molecular weight is 360 g/mol. The third kappa shape index (κ3) is 3.29. The number of aromatic nitrogens is 5. The van der Waals surface area contributed by atoms with Crippen molar-refractivity contribution in [3.8, 4) is 22.6 Å². The van der Waals surface area contributed by atoms with Gasteiger partial charge in [0.15, 0.2) is 5.65 Å². The Balaban J connectivity index is 1.39. The van der Waals surface area contributed by atoms with Crippen molar-refractivity contribution in [1.29, 1.82) is 0 Å². The lowest BCUT2D eigenvalue weighted by molar-refractivity contribution is -0.120. The standard InChI is InChI=1S/C19H16N6O2/c26-17(21-14-6-7-14)10-18-23-19(24-27-18)13-4-1-3-12(9-13)15-11-25-16(22-15)5-2-8-20-25/h1-5,8-9,11,14H,6-7,10H2,(H,21,26). The van der Waals surface area contributed by atoms with Crippen LogP contribution in [0.5, 0.6) is 0 Å². The summed E-state index contributed by atoms with van der Waals surface area (Å²) in [5.74, 6) is 0.678. The van der Waals surface area contributed by atoms with Gasteiger partial charge in [-0.15, -0.1) is 0 Å². The number of benzene rings is 1. The van der Waals surface area contributed by atoms with E-state index in [0.29, 0.717) is 17.8 Å². The normalized spacial score (nSPS) is 13.8. The molecule has 3 aromatic heterocycles. The molecule has 27 heavy (non-hydrogen) atoms. The highest BCUT2D eigenvalue weighted by molar-refractivity contribution is 5.78. The summed E-state index contributed by atoms with van der Waals surface area (Å²) < 4.78 is 6.96. The van der Waals surface area contributed by atoms with Crippen LogP contribution in [0.3, 0.4) is 0 Å². The quantitative estimate of drug-likeness (QED) is 0.586. The molecule has 1 aliphatic rings. The SMILES string of the molecule is O=C(Cc1nc(-c2cccc(-c3cn4ncccc4n3)c2)no1)NC1CC1. The molecule has 0 spiro atoms. The minimum Gasteiger partial charge on any atom is -0.353 e. The number of hydrogen-bond acceptors (Lipinski definition) is 6. The van der Waals surface area contributed by atoms with Gasteiger partial charge in [0.05, 0.1) is 11.9 Å². The summed E-state index contributed by atoms with van der Waals surface area (Å²) in [7, 11) is 0. The molecule has 1 aromatic carbocycles. The van der Waals surface area contributed by atoms with E-state index in [1.807, 2.05) is 42.6 Å². The van der Waals surface area contributed by atoms with E-state index in [9.17, 15) is 4.79 Å². The third-order valence-corrected chi connectivity index (χ3v) is 4.38. The summed E-state index contributed by atoms with van der Waals surface area (Å²) >= 11 is 0. The van der Waals surface area contributed by atoms with E-state index < -0.39 is 0 Å². The maximum Gasteiger partial charge on any atom is 0.236 e.